The van der Waals surface area contributed by atoms with Gasteiger partial charge in [-0.1, -0.05) is 91.0 Å². The Morgan fingerprint density at radius 2 is 1.24 bits per heavy atom. The van der Waals surface area contributed by atoms with Gasteiger partial charge in [0.25, 0.3) is 0 Å². The average molecular weight is 620 g/mol. The number of nitrogens with zero attached hydrogens (tertiary/aromatic N) is 5. The molecule has 0 unspecified atom stereocenters. The van der Waals surface area contributed by atoms with Gasteiger partial charge >= 0.3 is 0 Å². The monoisotopic (exact) mass is 619 g/mol. The van der Waals surface area contributed by atoms with Crippen molar-refractivity contribution < 1.29 is 4.79 Å². The van der Waals surface area contributed by atoms with Crippen LogP contribution in [0.2, 0.25) is 0 Å². The number of carbonyl (C=O) groups excluding carboxylic acids is 1. The third kappa shape index (κ3) is 9.69. The highest BCUT2D eigenvalue weighted by molar-refractivity contribution is 6.08. The summed E-state index contributed by atoms with van der Waals surface area (Å²) in [6.45, 7) is 14.5. The Hall–Kier alpha value is -5.11. The van der Waals surface area contributed by atoms with Gasteiger partial charge in [0.2, 0.25) is 0 Å². The number of nitrogens with two attached hydrogens (primary N) is 2. The fourth-order valence-electron chi connectivity index (χ4n) is 4.57. The zero-order chi connectivity index (χ0) is 34.1. The zero-order valence-electron chi connectivity index (χ0n) is 28.7. The van der Waals surface area contributed by atoms with Crippen LogP contribution in [0, 0.1) is 0 Å². The van der Waals surface area contributed by atoms with Gasteiger partial charge in [-0.05, 0) is 48.5 Å². The smallest absolute Gasteiger partial charge is 0.190 e. The molecule has 5 rings (SSSR count). The maximum atomic E-state index is 11.8. The standard InChI is InChI=1S/2C13H17N3.C12H15NO/c1-13(2,3)16-9-11(14)12(15-16)10-7-5-4-6-8-10;1-13(2,3)16-12(11(14)9-15-16)10-7-5-4-6-8-10;1-10(9-13(2)3)12(14)11-7-5-4-6-8-11/h2*4-9H,14H2,1-3H3;4-9H,1-3H3. The van der Waals surface area contributed by atoms with Crippen LogP contribution in [0.15, 0.2) is 115 Å². The van der Waals surface area contributed by atoms with Gasteiger partial charge in [0.05, 0.1) is 34.3 Å². The number of nitrogen functional groups attached to an aromatic ring is 2. The van der Waals surface area contributed by atoms with Crippen molar-refractivity contribution in [3.8, 4) is 22.5 Å². The average Bonchev–Trinajstić information content (AvgIpc) is 3.61. The van der Waals surface area contributed by atoms with Crippen LogP contribution >= 0.6 is 0 Å². The van der Waals surface area contributed by atoms with Crippen molar-refractivity contribution >= 4 is 17.2 Å². The Balaban J connectivity index is 0.000000188. The van der Waals surface area contributed by atoms with Crippen molar-refractivity contribution in [3.63, 3.8) is 0 Å². The number of aromatic nitrogens is 4. The molecule has 5 aromatic rings. The summed E-state index contributed by atoms with van der Waals surface area (Å²) in [5.41, 5.74) is 18.8. The largest absolute Gasteiger partial charge is 0.396 e. The SMILES string of the molecule is CC(=CN(C)C)C(=O)c1ccccc1.CC(C)(C)n1cc(N)c(-c2ccccc2)n1.CC(C)(C)n1ncc(N)c1-c1ccccc1. The predicted molar refractivity (Wildman–Crippen MR) is 192 cm³/mol. The lowest BCUT2D eigenvalue weighted by Crippen LogP contribution is -2.24. The normalized spacial score (nSPS) is 11.5. The number of rotatable bonds is 5. The molecule has 0 atom stereocenters. The summed E-state index contributed by atoms with van der Waals surface area (Å²) in [6, 6.07) is 29.4. The first kappa shape index (κ1) is 35.4. The van der Waals surface area contributed by atoms with E-state index in [1.54, 1.807) is 6.20 Å². The summed E-state index contributed by atoms with van der Waals surface area (Å²) in [6.07, 6.45) is 5.44. The minimum Gasteiger partial charge on any atom is -0.396 e. The van der Waals surface area contributed by atoms with Crippen molar-refractivity contribution in [2.45, 2.75) is 59.5 Å². The van der Waals surface area contributed by atoms with Crippen LogP contribution in [0.3, 0.4) is 0 Å². The van der Waals surface area contributed by atoms with Gasteiger partial charge in [-0.3, -0.25) is 14.2 Å². The van der Waals surface area contributed by atoms with E-state index in [0.717, 1.165) is 45.0 Å². The molecule has 2 heterocycles. The molecule has 8 heteroatoms. The highest BCUT2D eigenvalue weighted by Crippen LogP contribution is 2.30. The highest BCUT2D eigenvalue weighted by atomic mass is 16.1. The second kappa shape index (κ2) is 15.3. The molecule has 0 fully saturated rings. The van der Waals surface area contributed by atoms with Crippen LogP contribution in [-0.4, -0.2) is 44.3 Å². The van der Waals surface area contributed by atoms with Crippen molar-refractivity contribution in [2.24, 2.45) is 0 Å². The lowest BCUT2D eigenvalue weighted by atomic mass is 10.1. The van der Waals surface area contributed by atoms with Crippen molar-refractivity contribution in [1.29, 1.82) is 0 Å². The van der Waals surface area contributed by atoms with E-state index in [1.807, 2.05) is 127 Å². The van der Waals surface area contributed by atoms with E-state index in [2.05, 4.69) is 63.9 Å². The summed E-state index contributed by atoms with van der Waals surface area (Å²) < 4.78 is 3.88. The number of hydrogen-bond acceptors (Lipinski definition) is 6. The lowest BCUT2D eigenvalue weighted by Gasteiger charge is -2.22. The van der Waals surface area contributed by atoms with Crippen LogP contribution < -0.4 is 11.5 Å². The molecule has 242 valence electrons. The molecule has 46 heavy (non-hydrogen) atoms. The van der Waals surface area contributed by atoms with Crippen molar-refractivity contribution in [3.05, 3.63) is 121 Å². The predicted octanol–water partition coefficient (Wildman–Crippen LogP) is 8.11. The molecular weight excluding hydrogens is 570 g/mol. The maximum Gasteiger partial charge on any atom is 0.190 e. The molecule has 0 saturated heterocycles. The zero-order valence-corrected chi connectivity index (χ0v) is 28.7. The Morgan fingerprint density at radius 1 is 0.739 bits per heavy atom. The van der Waals surface area contributed by atoms with Gasteiger partial charge < -0.3 is 16.4 Å². The summed E-state index contributed by atoms with van der Waals surface area (Å²) in [5.74, 6) is 0.0827. The van der Waals surface area contributed by atoms with Crippen LogP contribution in [0.1, 0.15) is 58.8 Å². The molecule has 2 aromatic heterocycles. The fraction of sp³-hybridized carbons (Fsp3) is 0.289. The third-order valence-electron chi connectivity index (χ3n) is 6.80. The topological polar surface area (TPSA) is 108 Å². The molecule has 0 aliphatic carbocycles. The Morgan fingerprint density at radius 3 is 1.70 bits per heavy atom. The van der Waals surface area contributed by atoms with Crippen LogP contribution in [0.5, 0.6) is 0 Å². The molecule has 0 amide bonds. The summed E-state index contributed by atoms with van der Waals surface area (Å²) in [4.78, 5) is 13.7. The first-order valence-corrected chi connectivity index (χ1v) is 15.3. The van der Waals surface area contributed by atoms with Crippen molar-refractivity contribution in [1.82, 2.24) is 24.5 Å². The lowest BCUT2D eigenvalue weighted by molar-refractivity contribution is 0.103. The highest BCUT2D eigenvalue weighted by Gasteiger charge is 2.21. The van der Waals surface area contributed by atoms with E-state index < -0.39 is 0 Å². The van der Waals surface area contributed by atoms with Gasteiger partial charge in [-0.15, -0.1) is 0 Å². The van der Waals surface area contributed by atoms with E-state index in [1.165, 1.54) is 0 Å². The second-order valence-electron chi connectivity index (χ2n) is 13.3. The Labute approximate surface area is 274 Å². The number of allylic oxidation sites excluding steroid dienone is 1. The van der Waals surface area contributed by atoms with Gasteiger partial charge in [0.15, 0.2) is 5.78 Å². The van der Waals surface area contributed by atoms with Crippen LogP contribution in [-0.2, 0) is 11.1 Å². The van der Waals surface area contributed by atoms with Crippen molar-refractivity contribution in [2.75, 3.05) is 25.6 Å². The fourth-order valence-corrected chi connectivity index (χ4v) is 4.57. The van der Waals surface area contributed by atoms with Crippen LogP contribution in [0.25, 0.3) is 22.5 Å². The van der Waals surface area contributed by atoms with E-state index in [0.29, 0.717) is 0 Å². The molecule has 0 radical (unpaired) electrons. The second-order valence-corrected chi connectivity index (χ2v) is 13.3. The molecule has 8 nitrogen and oxygen atoms in total. The Kier molecular flexibility index (Phi) is 11.7. The van der Waals surface area contributed by atoms with Gasteiger partial charge in [-0.2, -0.15) is 10.2 Å². The molecule has 4 N–H and O–H groups in total. The number of Topliss-reactive ketones (excluding diaryl/α,β-unsaturated/α-hetero) is 1. The quantitative estimate of drug-likeness (QED) is 0.152. The van der Waals surface area contributed by atoms with Crippen LogP contribution in [0.4, 0.5) is 11.4 Å². The molecule has 0 bridgehead atoms. The first-order chi connectivity index (χ1) is 21.6. The summed E-state index contributed by atoms with van der Waals surface area (Å²) in [7, 11) is 3.81. The molecule has 0 spiro atoms. The van der Waals surface area contributed by atoms with Gasteiger partial charge in [0.1, 0.15) is 5.69 Å². The number of carbonyl (C=O) groups is 1. The number of benzene rings is 3. The van der Waals surface area contributed by atoms with Gasteiger partial charge in [-0.25, -0.2) is 0 Å². The van der Waals surface area contributed by atoms with E-state index in [-0.39, 0.29) is 16.9 Å². The molecule has 0 aliphatic heterocycles. The minimum absolute atomic E-state index is 0.0405. The Bertz CT molecular complexity index is 1700. The van der Waals surface area contributed by atoms with Gasteiger partial charge in [0, 0.05) is 48.8 Å². The first-order valence-electron chi connectivity index (χ1n) is 15.3. The molecule has 3 aromatic carbocycles. The molecule has 0 saturated carbocycles. The third-order valence-corrected chi connectivity index (χ3v) is 6.80. The number of anilines is 2. The maximum absolute atomic E-state index is 11.8. The molecule has 0 aliphatic rings. The summed E-state index contributed by atoms with van der Waals surface area (Å²) >= 11 is 0. The summed E-state index contributed by atoms with van der Waals surface area (Å²) in [5, 5.41) is 8.90. The van der Waals surface area contributed by atoms with E-state index in [9.17, 15) is 4.79 Å². The minimum atomic E-state index is -0.0667. The van der Waals surface area contributed by atoms with E-state index in [4.69, 9.17) is 11.5 Å². The molecular formula is C38H49N7O. The van der Waals surface area contributed by atoms with E-state index >= 15 is 0 Å². The number of ketones is 1. The number of hydrogen-bond donors (Lipinski definition) is 2.